The van der Waals surface area contributed by atoms with E-state index in [9.17, 15) is 4.79 Å². The van der Waals surface area contributed by atoms with E-state index in [1.807, 2.05) is 43.4 Å². The number of para-hydroxylation sites is 1. The summed E-state index contributed by atoms with van der Waals surface area (Å²) in [6, 6.07) is 13.8. The summed E-state index contributed by atoms with van der Waals surface area (Å²) in [6.07, 6.45) is 3.97. The van der Waals surface area contributed by atoms with Crippen molar-refractivity contribution in [2.45, 2.75) is 24.8 Å². The van der Waals surface area contributed by atoms with Crippen LogP contribution in [0.25, 0.3) is 5.69 Å². The molecular formula is C20H21N7O. The van der Waals surface area contributed by atoms with E-state index in [2.05, 4.69) is 31.4 Å². The summed E-state index contributed by atoms with van der Waals surface area (Å²) >= 11 is 0. The lowest BCUT2D eigenvalue weighted by molar-refractivity contribution is 0.0698. The zero-order valence-corrected chi connectivity index (χ0v) is 15.6. The SMILES string of the molecule is CN(C(=O)c1cnn(-c2ccccc2)n1)C1CN(c2ccc(C3CC3)nn2)C1. The molecule has 0 radical (unpaired) electrons. The smallest absolute Gasteiger partial charge is 0.276 e. The van der Waals surface area contributed by atoms with E-state index in [1.54, 1.807) is 4.90 Å². The minimum absolute atomic E-state index is 0.123. The Balaban J connectivity index is 1.21. The second-order valence-corrected chi connectivity index (χ2v) is 7.42. The van der Waals surface area contributed by atoms with Crippen LogP contribution >= 0.6 is 0 Å². The van der Waals surface area contributed by atoms with Crippen LogP contribution in [0.1, 0.15) is 34.9 Å². The maximum Gasteiger partial charge on any atom is 0.276 e. The highest BCUT2D eigenvalue weighted by atomic mass is 16.2. The van der Waals surface area contributed by atoms with Crippen molar-refractivity contribution >= 4 is 11.7 Å². The van der Waals surface area contributed by atoms with Gasteiger partial charge in [-0.1, -0.05) is 18.2 Å². The number of carbonyl (C=O) groups is 1. The topological polar surface area (TPSA) is 80.0 Å². The molecule has 8 heteroatoms. The molecule has 3 heterocycles. The first-order valence-electron chi connectivity index (χ1n) is 9.52. The first kappa shape index (κ1) is 16.9. The Morgan fingerprint density at radius 3 is 2.54 bits per heavy atom. The minimum Gasteiger partial charge on any atom is -0.351 e. The zero-order chi connectivity index (χ0) is 19.1. The molecule has 0 unspecified atom stereocenters. The molecule has 0 spiro atoms. The highest BCUT2D eigenvalue weighted by Gasteiger charge is 2.35. The van der Waals surface area contributed by atoms with Crippen LogP contribution in [0.15, 0.2) is 48.7 Å². The molecule has 2 fully saturated rings. The van der Waals surface area contributed by atoms with Crippen molar-refractivity contribution in [3.63, 3.8) is 0 Å². The molecular weight excluding hydrogens is 354 g/mol. The number of hydrogen-bond acceptors (Lipinski definition) is 6. The molecule has 1 aliphatic carbocycles. The molecule has 0 N–H and O–H groups in total. The third-order valence-electron chi connectivity index (χ3n) is 5.42. The Bertz CT molecular complexity index is 975. The molecule has 1 aliphatic heterocycles. The second-order valence-electron chi connectivity index (χ2n) is 7.42. The predicted octanol–water partition coefficient (Wildman–Crippen LogP) is 1.90. The second kappa shape index (κ2) is 6.70. The molecule has 142 valence electrons. The molecule has 5 rings (SSSR count). The largest absolute Gasteiger partial charge is 0.351 e. The van der Waals surface area contributed by atoms with E-state index < -0.39 is 0 Å². The van der Waals surface area contributed by atoms with Gasteiger partial charge in [-0.15, -0.1) is 10.2 Å². The Labute approximate surface area is 162 Å². The Hall–Kier alpha value is -3.29. The predicted molar refractivity (Wildman–Crippen MR) is 103 cm³/mol. The molecule has 3 aromatic rings. The summed E-state index contributed by atoms with van der Waals surface area (Å²) in [5.41, 5.74) is 2.26. The van der Waals surface area contributed by atoms with Crippen LogP contribution in [-0.2, 0) is 0 Å². The summed E-state index contributed by atoms with van der Waals surface area (Å²) in [4.78, 5) is 18.1. The molecule has 2 aliphatic rings. The summed E-state index contributed by atoms with van der Waals surface area (Å²) in [6.45, 7) is 1.49. The number of rotatable bonds is 5. The number of nitrogens with zero attached hydrogens (tertiary/aromatic N) is 7. The van der Waals surface area contributed by atoms with E-state index in [0.717, 1.165) is 30.3 Å². The van der Waals surface area contributed by atoms with Crippen LogP contribution in [-0.4, -0.2) is 62.2 Å². The van der Waals surface area contributed by atoms with Crippen LogP contribution < -0.4 is 4.90 Å². The van der Waals surface area contributed by atoms with Gasteiger partial charge in [-0.05, 0) is 37.1 Å². The summed E-state index contributed by atoms with van der Waals surface area (Å²) in [5, 5.41) is 17.2. The van der Waals surface area contributed by atoms with Crippen LogP contribution in [0.2, 0.25) is 0 Å². The Kier molecular flexibility index (Phi) is 4.03. The van der Waals surface area contributed by atoms with Gasteiger partial charge in [-0.25, -0.2) is 0 Å². The van der Waals surface area contributed by atoms with Crippen molar-refractivity contribution in [2.24, 2.45) is 0 Å². The fraction of sp³-hybridized carbons (Fsp3) is 0.350. The molecule has 2 aromatic heterocycles. The van der Waals surface area contributed by atoms with Crippen LogP contribution in [0.5, 0.6) is 0 Å². The fourth-order valence-electron chi connectivity index (χ4n) is 3.38. The lowest BCUT2D eigenvalue weighted by Gasteiger charge is -2.44. The van der Waals surface area contributed by atoms with Gasteiger partial charge < -0.3 is 9.80 Å². The fourth-order valence-corrected chi connectivity index (χ4v) is 3.38. The van der Waals surface area contributed by atoms with Crippen LogP contribution in [0.4, 0.5) is 5.82 Å². The molecule has 0 atom stereocenters. The molecule has 1 amide bonds. The third-order valence-corrected chi connectivity index (χ3v) is 5.42. The summed E-state index contributed by atoms with van der Waals surface area (Å²) in [5.74, 6) is 1.36. The standard InChI is InChI=1S/C20H21N7O/c1-25(20(28)18-11-21-27(24-18)15-5-3-2-4-6-15)16-12-26(13-16)19-10-9-17(22-23-19)14-7-8-14/h2-6,9-11,14,16H,7-8,12-13H2,1H3. The van der Waals surface area contributed by atoms with Crippen molar-refractivity contribution in [1.29, 1.82) is 0 Å². The molecule has 28 heavy (non-hydrogen) atoms. The van der Waals surface area contributed by atoms with Crippen LogP contribution in [0, 0.1) is 0 Å². The molecule has 1 saturated heterocycles. The molecule has 0 bridgehead atoms. The maximum atomic E-state index is 12.8. The van der Waals surface area contributed by atoms with E-state index in [-0.39, 0.29) is 11.9 Å². The number of anilines is 1. The van der Waals surface area contributed by atoms with E-state index in [1.165, 1.54) is 23.8 Å². The minimum atomic E-state index is -0.123. The van der Waals surface area contributed by atoms with Gasteiger partial charge in [-0.2, -0.15) is 15.0 Å². The lowest BCUT2D eigenvalue weighted by Crippen LogP contribution is -2.60. The van der Waals surface area contributed by atoms with Gasteiger partial charge in [0.25, 0.3) is 5.91 Å². The van der Waals surface area contributed by atoms with Crippen molar-refractivity contribution in [1.82, 2.24) is 30.1 Å². The van der Waals surface area contributed by atoms with Gasteiger partial charge in [0.1, 0.15) is 0 Å². The maximum absolute atomic E-state index is 12.8. The number of likely N-dealkylation sites (N-methyl/N-ethyl adjacent to an activating group) is 1. The van der Waals surface area contributed by atoms with E-state index in [0.29, 0.717) is 11.6 Å². The first-order valence-corrected chi connectivity index (χ1v) is 9.52. The van der Waals surface area contributed by atoms with Gasteiger partial charge >= 0.3 is 0 Å². The quantitative estimate of drug-likeness (QED) is 0.678. The number of hydrogen-bond donors (Lipinski definition) is 0. The van der Waals surface area contributed by atoms with E-state index >= 15 is 0 Å². The Morgan fingerprint density at radius 2 is 1.86 bits per heavy atom. The average Bonchev–Trinajstić information content (AvgIpc) is 3.44. The van der Waals surface area contributed by atoms with Crippen LogP contribution in [0.3, 0.4) is 0 Å². The monoisotopic (exact) mass is 375 g/mol. The normalized spacial score (nSPS) is 16.7. The average molecular weight is 375 g/mol. The molecule has 8 nitrogen and oxygen atoms in total. The highest BCUT2D eigenvalue weighted by molar-refractivity contribution is 5.92. The highest BCUT2D eigenvalue weighted by Crippen LogP contribution is 2.38. The third kappa shape index (κ3) is 3.11. The van der Waals surface area contributed by atoms with Gasteiger partial charge in [0.15, 0.2) is 11.5 Å². The van der Waals surface area contributed by atoms with Crippen molar-refractivity contribution < 1.29 is 4.79 Å². The van der Waals surface area contributed by atoms with Crippen molar-refractivity contribution in [2.75, 3.05) is 25.0 Å². The number of benzene rings is 1. The Morgan fingerprint density at radius 1 is 1.07 bits per heavy atom. The number of carbonyl (C=O) groups excluding carboxylic acids is 1. The van der Waals surface area contributed by atoms with Crippen molar-refractivity contribution in [3.05, 3.63) is 60.0 Å². The number of amides is 1. The molecule has 1 saturated carbocycles. The van der Waals surface area contributed by atoms with E-state index in [4.69, 9.17) is 0 Å². The molecule has 1 aromatic carbocycles. The van der Waals surface area contributed by atoms with Gasteiger partial charge in [-0.3, -0.25) is 4.79 Å². The van der Waals surface area contributed by atoms with Crippen molar-refractivity contribution in [3.8, 4) is 5.69 Å². The van der Waals surface area contributed by atoms with Gasteiger partial charge in [0, 0.05) is 26.1 Å². The first-order chi connectivity index (χ1) is 13.7. The zero-order valence-electron chi connectivity index (χ0n) is 15.6. The number of aromatic nitrogens is 5. The lowest BCUT2D eigenvalue weighted by atomic mass is 10.1. The van der Waals surface area contributed by atoms with Gasteiger partial charge in [0.2, 0.25) is 0 Å². The summed E-state index contributed by atoms with van der Waals surface area (Å²) in [7, 11) is 1.81. The van der Waals surface area contributed by atoms with Gasteiger partial charge in [0.05, 0.1) is 23.6 Å². The summed E-state index contributed by atoms with van der Waals surface area (Å²) < 4.78 is 0.